The molecule has 2 N–H and O–H groups in total. The molecule has 0 aliphatic carbocycles. The molecule has 0 bridgehead atoms. The second kappa shape index (κ2) is 7.63. The fourth-order valence-electron chi connectivity index (χ4n) is 1.48. The van der Waals surface area contributed by atoms with Gasteiger partial charge in [0.15, 0.2) is 0 Å². The van der Waals surface area contributed by atoms with E-state index < -0.39 is 24.3 Å². The van der Waals surface area contributed by atoms with Gasteiger partial charge in [0, 0.05) is 6.54 Å². The van der Waals surface area contributed by atoms with Gasteiger partial charge in [-0.3, -0.25) is 4.79 Å². The van der Waals surface area contributed by atoms with Gasteiger partial charge in [0.05, 0.1) is 18.6 Å². The Morgan fingerprint density at radius 3 is 2.33 bits per heavy atom. The zero-order valence-electron chi connectivity index (χ0n) is 10.9. The normalized spacial score (nSPS) is 11.2. The molecule has 0 atom stereocenters. The lowest BCUT2D eigenvalue weighted by molar-refractivity contribution is -0.142. The zero-order valence-corrected chi connectivity index (χ0v) is 10.9. The summed E-state index contributed by atoms with van der Waals surface area (Å²) in [6.07, 6.45) is -4.46. The van der Waals surface area contributed by atoms with Crippen LogP contribution in [0.5, 0.6) is 0 Å². The Labute approximate surface area is 118 Å². The molecule has 21 heavy (non-hydrogen) atoms. The number of rotatable bonds is 7. The van der Waals surface area contributed by atoms with Gasteiger partial charge in [0.25, 0.3) is 0 Å². The lowest BCUT2D eigenvalue weighted by Gasteiger charge is -2.08. The van der Waals surface area contributed by atoms with E-state index >= 15 is 0 Å². The standard InChI is InChI=1S/C13H14F3NO4/c14-13(15,16)10-3-1-9(2-4-10)7-11(18)17-5-6-21-8-12(19)20/h1-4H,5-8H2,(H,17,18)(H,19,20). The van der Waals surface area contributed by atoms with E-state index in [1.54, 1.807) is 0 Å². The zero-order chi connectivity index (χ0) is 15.9. The van der Waals surface area contributed by atoms with E-state index in [0.717, 1.165) is 12.1 Å². The third-order valence-corrected chi connectivity index (χ3v) is 2.44. The minimum Gasteiger partial charge on any atom is -0.480 e. The van der Waals surface area contributed by atoms with Crippen molar-refractivity contribution in [3.8, 4) is 0 Å². The van der Waals surface area contributed by atoms with Crippen molar-refractivity contribution in [1.29, 1.82) is 0 Å². The number of carbonyl (C=O) groups excluding carboxylic acids is 1. The van der Waals surface area contributed by atoms with Crippen LogP contribution in [-0.4, -0.2) is 36.7 Å². The molecular formula is C13H14F3NO4. The first kappa shape index (κ1) is 17.0. The van der Waals surface area contributed by atoms with Crippen molar-refractivity contribution in [1.82, 2.24) is 5.32 Å². The Morgan fingerprint density at radius 1 is 1.19 bits per heavy atom. The van der Waals surface area contributed by atoms with Gasteiger partial charge in [0.2, 0.25) is 5.91 Å². The molecule has 0 spiro atoms. The maximum atomic E-state index is 12.3. The number of hydrogen-bond acceptors (Lipinski definition) is 3. The lowest BCUT2D eigenvalue weighted by Crippen LogP contribution is -2.29. The first-order chi connectivity index (χ1) is 9.79. The van der Waals surface area contributed by atoms with Crippen LogP contribution in [0.1, 0.15) is 11.1 Å². The number of ether oxygens (including phenoxy) is 1. The average molecular weight is 305 g/mol. The number of alkyl halides is 3. The SMILES string of the molecule is O=C(O)COCCNC(=O)Cc1ccc(C(F)(F)F)cc1. The fraction of sp³-hybridized carbons (Fsp3) is 0.385. The van der Waals surface area contributed by atoms with E-state index in [-0.39, 0.29) is 25.5 Å². The Balaban J connectivity index is 2.33. The molecule has 5 nitrogen and oxygen atoms in total. The summed E-state index contributed by atoms with van der Waals surface area (Å²) in [6.45, 7) is -0.271. The van der Waals surface area contributed by atoms with Crippen LogP contribution in [0.2, 0.25) is 0 Å². The van der Waals surface area contributed by atoms with Crippen LogP contribution in [0.4, 0.5) is 13.2 Å². The topological polar surface area (TPSA) is 75.6 Å². The maximum absolute atomic E-state index is 12.3. The van der Waals surface area contributed by atoms with Gasteiger partial charge in [-0.05, 0) is 17.7 Å². The van der Waals surface area contributed by atoms with Crippen molar-refractivity contribution in [2.45, 2.75) is 12.6 Å². The van der Waals surface area contributed by atoms with Gasteiger partial charge < -0.3 is 15.2 Å². The molecule has 0 aliphatic heterocycles. The quantitative estimate of drug-likeness (QED) is 0.748. The number of carboxylic acid groups (broad SMARTS) is 1. The van der Waals surface area contributed by atoms with Crippen molar-refractivity contribution in [3.63, 3.8) is 0 Å². The molecule has 0 saturated carbocycles. The highest BCUT2D eigenvalue weighted by atomic mass is 19.4. The highest BCUT2D eigenvalue weighted by molar-refractivity contribution is 5.78. The Morgan fingerprint density at radius 2 is 1.81 bits per heavy atom. The molecule has 0 saturated heterocycles. The molecule has 116 valence electrons. The van der Waals surface area contributed by atoms with Gasteiger partial charge >= 0.3 is 12.1 Å². The van der Waals surface area contributed by atoms with Crippen LogP contribution >= 0.6 is 0 Å². The van der Waals surface area contributed by atoms with Gasteiger partial charge in [0.1, 0.15) is 6.61 Å². The Hall–Kier alpha value is -2.09. The fourth-order valence-corrected chi connectivity index (χ4v) is 1.48. The molecular weight excluding hydrogens is 291 g/mol. The van der Waals surface area contributed by atoms with Crippen LogP contribution in [0.15, 0.2) is 24.3 Å². The predicted molar refractivity (Wildman–Crippen MR) is 66.6 cm³/mol. The molecule has 1 aromatic carbocycles. The number of amides is 1. The number of nitrogens with one attached hydrogen (secondary N) is 1. The van der Waals surface area contributed by atoms with E-state index in [1.165, 1.54) is 12.1 Å². The lowest BCUT2D eigenvalue weighted by atomic mass is 10.1. The third kappa shape index (κ3) is 6.75. The van der Waals surface area contributed by atoms with E-state index in [4.69, 9.17) is 9.84 Å². The molecule has 0 radical (unpaired) electrons. The van der Waals surface area contributed by atoms with Crippen LogP contribution < -0.4 is 5.32 Å². The molecule has 0 heterocycles. The minimum absolute atomic E-state index is 0.0467. The predicted octanol–water partition coefficient (Wildman–Crippen LogP) is 1.47. The first-order valence-corrected chi connectivity index (χ1v) is 6.01. The number of aliphatic carboxylic acids is 1. The summed E-state index contributed by atoms with van der Waals surface area (Å²) in [5, 5.41) is 10.8. The molecule has 8 heteroatoms. The number of halogens is 3. The van der Waals surface area contributed by atoms with Crippen LogP contribution in [0, 0.1) is 0 Å². The second-order valence-electron chi connectivity index (χ2n) is 4.17. The number of carbonyl (C=O) groups is 2. The Kier molecular flexibility index (Phi) is 6.16. The summed E-state index contributed by atoms with van der Waals surface area (Å²) >= 11 is 0. The summed E-state index contributed by atoms with van der Waals surface area (Å²) in [7, 11) is 0. The molecule has 0 fully saturated rings. The summed E-state index contributed by atoms with van der Waals surface area (Å²) in [5.74, 6) is -1.49. The molecule has 1 aromatic rings. The summed E-state index contributed by atoms with van der Waals surface area (Å²) in [5.41, 5.74) is -0.319. The summed E-state index contributed by atoms with van der Waals surface area (Å²) < 4.78 is 41.7. The van der Waals surface area contributed by atoms with Crippen LogP contribution in [0.25, 0.3) is 0 Å². The molecule has 1 rings (SSSR count). The van der Waals surface area contributed by atoms with Crippen molar-refractivity contribution < 1.29 is 32.6 Å². The molecule has 0 aliphatic rings. The second-order valence-corrected chi connectivity index (χ2v) is 4.17. The van der Waals surface area contributed by atoms with E-state index in [2.05, 4.69) is 5.32 Å². The highest BCUT2D eigenvalue weighted by Gasteiger charge is 2.29. The molecule has 1 amide bonds. The molecule has 0 aromatic heterocycles. The van der Waals surface area contributed by atoms with E-state index in [1.807, 2.05) is 0 Å². The molecule has 0 unspecified atom stereocenters. The summed E-state index contributed by atoms with van der Waals surface area (Å²) in [6, 6.07) is 4.31. The Bertz CT molecular complexity index is 485. The summed E-state index contributed by atoms with van der Waals surface area (Å²) in [4.78, 5) is 21.6. The minimum atomic E-state index is -4.40. The maximum Gasteiger partial charge on any atom is 0.416 e. The van der Waals surface area contributed by atoms with Gasteiger partial charge in [-0.2, -0.15) is 13.2 Å². The van der Waals surface area contributed by atoms with Crippen LogP contribution in [0.3, 0.4) is 0 Å². The van der Waals surface area contributed by atoms with Crippen LogP contribution in [-0.2, 0) is 26.9 Å². The first-order valence-electron chi connectivity index (χ1n) is 6.01. The third-order valence-electron chi connectivity index (χ3n) is 2.44. The highest BCUT2D eigenvalue weighted by Crippen LogP contribution is 2.29. The average Bonchev–Trinajstić information content (AvgIpc) is 2.37. The number of benzene rings is 1. The number of hydrogen-bond donors (Lipinski definition) is 2. The van der Waals surface area contributed by atoms with Gasteiger partial charge in [-0.25, -0.2) is 4.79 Å². The van der Waals surface area contributed by atoms with Crippen molar-refractivity contribution in [2.24, 2.45) is 0 Å². The monoisotopic (exact) mass is 305 g/mol. The van der Waals surface area contributed by atoms with Crippen molar-refractivity contribution in [3.05, 3.63) is 35.4 Å². The smallest absolute Gasteiger partial charge is 0.416 e. The van der Waals surface area contributed by atoms with E-state index in [9.17, 15) is 22.8 Å². The van der Waals surface area contributed by atoms with Gasteiger partial charge in [-0.15, -0.1) is 0 Å². The van der Waals surface area contributed by atoms with Crippen molar-refractivity contribution in [2.75, 3.05) is 19.8 Å². The van der Waals surface area contributed by atoms with Crippen molar-refractivity contribution >= 4 is 11.9 Å². The largest absolute Gasteiger partial charge is 0.480 e. The number of carboxylic acids is 1. The van der Waals surface area contributed by atoms with E-state index in [0.29, 0.717) is 5.56 Å². The van der Waals surface area contributed by atoms with Gasteiger partial charge in [-0.1, -0.05) is 12.1 Å².